The Morgan fingerprint density at radius 3 is 2.16 bits per heavy atom. The second-order valence-corrected chi connectivity index (χ2v) is 8.92. The summed E-state index contributed by atoms with van der Waals surface area (Å²) in [6.07, 6.45) is 6.97. The van der Waals surface area contributed by atoms with Crippen LogP contribution in [0.4, 0.5) is 0 Å². The van der Waals surface area contributed by atoms with Gasteiger partial charge >= 0.3 is 11.9 Å². The summed E-state index contributed by atoms with van der Waals surface area (Å²) < 4.78 is 2.36. The molecule has 0 aliphatic carbocycles. The number of aliphatic carboxylic acids is 2. The van der Waals surface area contributed by atoms with E-state index in [-0.39, 0.29) is 0 Å². The fourth-order valence-electron chi connectivity index (χ4n) is 4.56. The van der Waals surface area contributed by atoms with Gasteiger partial charge in [0.1, 0.15) is 0 Å². The first-order chi connectivity index (χ1) is 17.9. The molecular formula is C31H30N2O4. The van der Waals surface area contributed by atoms with E-state index < -0.39 is 11.9 Å². The second kappa shape index (κ2) is 12.0. The molecule has 0 unspecified atom stereocenters. The summed E-state index contributed by atoms with van der Waals surface area (Å²) in [4.78, 5) is 21.7. The Labute approximate surface area is 216 Å². The van der Waals surface area contributed by atoms with E-state index in [1.165, 1.54) is 38.9 Å². The summed E-state index contributed by atoms with van der Waals surface area (Å²) in [5, 5.41) is 17.0. The van der Waals surface area contributed by atoms with Gasteiger partial charge in [-0.15, -0.1) is 0 Å². The lowest BCUT2D eigenvalue weighted by molar-refractivity contribution is -0.134. The number of aromatic nitrogens is 1. The summed E-state index contributed by atoms with van der Waals surface area (Å²) in [5.41, 5.74) is 8.09. The molecule has 1 aliphatic rings. The maximum Gasteiger partial charge on any atom is 0.328 e. The number of hydrogen-bond acceptors (Lipinski definition) is 3. The third-order valence-corrected chi connectivity index (χ3v) is 6.37. The van der Waals surface area contributed by atoms with E-state index in [2.05, 4.69) is 108 Å². The monoisotopic (exact) mass is 494 g/mol. The van der Waals surface area contributed by atoms with Gasteiger partial charge in [-0.3, -0.25) is 4.90 Å². The molecule has 5 rings (SSSR count). The molecule has 188 valence electrons. The maximum atomic E-state index is 9.55. The van der Waals surface area contributed by atoms with Gasteiger partial charge in [0.15, 0.2) is 0 Å². The smallest absolute Gasteiger partial charge is 0.328 e. The summed E-state index contributed by atoms with van der Waals surface area (Å²) in [7, 11) is 0. The number of rotatable bonds is 6. The zero-order valence-electron chi connectivity index (χ0n) is 20.7. The van der Waals surface area contributed by atoms with E-state index in [4.69, 9.17) is 10.2 Å². The quantitative estimate of drug-likeness (QED) is 0.324. The molecular weight excluding hydrogens is 464 g/mol. The molecule has 0 saturated carbocycles. The van der Waals surface area contributed by atoms with Crippen LogP contribution in [0.1, 0.15) is 23.1 Å². The number of carbonyl (C=O) groups is 2. The Balaban J connectivity index is 0.000000349. The third kappa shape index (κ3) is 6.63. The molecule has 1 aromatic heterocycles. The highest BCUT2D eigenvalue weighted by Gasteiger charge is 2.17. The summed E-state index contributed by atoms with van der Waals surface area (Å²) in [6, 6.07) is 28.2. The molecule has 6 heteroatoms. The SMILES string of the molecule is Cc1ccccc1-n1cc(CN2CC=C(c3ccccc3)CC2)c2ccccc21.O=C(O)/C=C/C(=O)O. The van der Waals surface area contributed by atoms with Crippen LogP contribution in [-0.4, -0.2) is 44.7 Å². The largest absolute Gasteiger partial charge is 0.478 e. The molecule has 0 bridgehead atoms. The maximum absolute atomic E-state index is 9.55. The zero-order valence-corrected chi connectivity index (χ0v) is 20.7. The Morgan fingerprint density at radius 2 is 1.51 bits per heavy atom. The molecule has 0 fully saturated rings. The normalized spacial score (nSPS) is 13.7. The van der Waals surface area contributed by atoms with E-state index in [1.807, 2.05) is 0 Å². The first kappa shape index (κ1) is 25.7. The zero-order chi connectivity index (χ0) is 26.2. The number of aryl methyl sites for hydroxylation is 1. The van der Waals surface area contributed by atoms with Crippen molar-refractivity contribution in [3.05, 3.63) is 120 Å². The lowest BCUT2D eigenvalue weighted by Gasteiger charge is -2.26. The summed E-state index contributed by atoms with van der Waals surface area (Å²) >= 11 is 0. The van der Waals surface area contributed by atoms with Gasteiger partial charge in [0.05, 0.1) is 5.52 Å². The van der Waals surface area contributed by atoms with Crippen LogP contribution >= 0.6 is 0 Å². The van der Waals surface area contributed by atoms with Gasteiger partial charge < -0.3 is 14.8 Å². The van der Waals surface area contributed by atoms with Crippen molar-refractivity contribution < 1.29 is 19.8 Å². The molecule has 2 heterocycles. The number of hydrogen-bond donors (Lipinski definition) is 2. The lowest BCUT2D eigenvalue weighted by atomic mass is 9.99. The van der Waals surface area contributed by atoms with Crippen LogP contribution in [0.25, 0.3) is 22.2 Å². The topological polar surface area (TPSA) is 82.8 Å². The van der Waals surface area contributed by atoms with Gasteiger partial charge in [0.25, 0.3) is 0 Å². The molecule has 0 amide bonds. The molecule has 6 nitrogen and oxygen atoms in total. The van der Waals surface area contributed by atoms with Crippen molar-refractivity contribution >= 4 is 28.4 Å². The first-order valence-electron chi connectivity index (χ1n) is 12.2. The van der Waals surface area contributed by atoms with Crippen LogP contribution in [0.5, 0.6) is 0 Å². The lowest BCUT2D eigenvalue weighted by Crippen LogP contribution is -2.27. The highest BCUT2D eigenvalue weighted by molar-refractivity contribution is 5.89. The fraction of sp³-hybridized carbons (Fsp3) is 0.161. The van der Waals surface area contributed by atoms with Gasteiger partial charge in [-0.25, -0.2) is 9.59 Å². The van der Waals surface area contributed by atoms with Crippen molar-refractivity contribution in [1.29, 1.82) is 0 Å². The third-order valence-electron chi connectivity index (χ3n) is 6.37. The molecule has 0 saturated heterocycles. The van der Waals surface area contributed by atoms with E-state index >= 15 is 0 Å². The Kier molecular flexibility index (Phi) is 8.33. The van der Waals surface area contributed by atoms with Crippen molar-refractivity contribution in [3.63, 3.8) is 0 Å². The van der Waals surface area contributed by atoms with Crippen LogP contribution in [0, 0.1) is 6.92 Å². The minimum atomic E-state index is -1.26. The van der Waals surface area contributed by atoms with Crippen molar-refractivity contribution in [2.24, 2.45) is 0 Å². The van der Waals surface area contributed by atoms with Crippen LogP contribution in [-0.2, 0) is 16.1 Å². The number of fused-ring (bicyclic) bond motifs is 1. The molecule has 37 heavy (non-hydrogen) atoms. The van der Waals surface area contributed by atoms with Crippen molar-refractivity contribution in [3.8, 4) is 5.69 Å². The average molecular weight is 495 g/mol. The van der Waals surface area contributed by atoms with Crippen molar-refractivity contribution in [2.45, 2.75) is 19.9 Å². The van der Waals surface area contributed by atoms with Crippen molar-refractivity contribution in [2.75, 3.05) is 13.1 Å². The van der Waals surface area contributed by atoms with Crippen LogP contribution < -0.4 is 0 Å². The summed E-state index contributed by atoms with van der Waals surface area (Å²) in [5.74, 6) is -2.51. The van der Waals surface area contributed by atoms with E-state index in [1.54, 1.807) is 0 Å². The molecule has 0 radical (unpaired) electrons. The highest BCUT2D eigenvalue weighted by atomic mass is 16.4. The van der Waals surface area contributed by atoms with Gasteiger partial charge in [-0.05, 0) is 47.7 Å². The van der Waals surface area contributed by atoms with Gasteiger partial charge in [0, 0.05) is 49.1 Å². The molecule has 0 atom stereocenters. The standard InChI is InChI=1S/C27H26N2.C4H4O4/c1-21-9-5-7-13-26(21)29-20-24(25-12-6-8-14-27(25)29)19-28-17-15-23(16-18-28)22-10-3-2-4-11-22;5-3(6)1-2-4(7)8/h2-15,20H,16-19H2,1H3;1-2H,(H,5,6)(H,7,8)/b;2-1+. The number of benzene rings is 3. The first-order valence-corrected chi connectivity index (χ1v) is 12.2. The Bertz CT molecular complexity index is 1430. The predicted octanol–water partition coefficient (Wildman–Crippen LogP) is 5.94. The van der Waals surface area contributed by atoms with Gasteiger partial charge in [-0.2, -0.15) is 0 Å². The van der Waals surface area contributed by atoms with Gasteiger partial charge in [-0.1, -0.05) is 72.8 Å². The van der Waals surface area contributed by atoms with E-state index in [9.17, 15) is 9.59 Å². The van der Waals surface area contributed by atoms with Crippen LogP contribution in [0.2, 0.25) is 0 Å². The molecule has 3 aromatic carbocycles. The average Bonchev–Trinajstić information content (AvgIpc) is 3.27. The second-order valence-electron chi connectivity index (χ2n) is 8.92. The number of nitrogens with zero attached hydrogens (tertiary/aromatic N) is 2. The number of carboxylic acids is 2. The Hall–Kier alpha value is -4.42. The van der Waals surface area contributed by atoms with Crippen molar-refractivity contribution in [1.82, 2.24) is 9.47 Å². The van der Waals surface area contributed by atoms with E-state index in [0.717, 1.165) is 26.1 Å². The van der Waals surface area contributed by atoms with Crippen LogP contribution in [0.15, 0.2) is 103 Å². The number of para-hydroxylation sites is 2. The molecule has 1 aliphatic heterocycles. The summed E-state index contributed by atoms with van der Waals surface area (Å²) in [6.45, 7) is 5.28. The van der Waals surface area contributed by atoms with Gasteiger partial charge in [0.2, 0.25) is 0 Å². The van der Waals surface area contributed by atoms with Crippen LogP contribution in [0.3, 0.4) is 0 Å². The fourth-order valence-corrected chi connectivity index (χ4v) is 4.56. The predicted molar refractivity (Wildman–Crippen MR) is 147 cm³/mol. The minimum Gasteiger partial charge on any atom is -0.478 e. The molecule has 2 N–H and O–H groups in total. The Morgan fingerprint density at radius 1 is 0.865 bits per heavy atom. The molecule has 4 aromatic rings. The molecule has 0 spiro atoms. The highest BCUT2D eigenvalue weighted by Crippen LogP contribution is 2.29. The minimum absolute atomic E-state index is 0.558. The number of carboxylic acid groups (broad SMARTS) is 2. The van der Waals surface area contributed by atoms with E-state index in [0.29, 0.717) is 12.2 Å².